The van der Waals surface area contributed by atoms with Gasteiger partial charge >= 0.3 is 0 Å². The molecule has 0 aromatic heterocycles. The molecule has 1 aliphatic heterocycles. The lowest BCUT2D eigenvalue weighted by molar-refractivity contribution is -0.148. The number of ether oxygens (including phenoxy) is 2. The number of alkyl halides is 1. The van der Waals surface area contributed by atoms with Crippen molar-refractivity contribution in [2.45, 2.75) is 26.0 Å². The fourth-order valence-electron chi connectivity index (χ4n) is 1.30. The van der Waals surface area contributed by atoms with E-state index in [9.17, 15) is 4.79 Å². The van der Waals surface area contributed by atoms with Gasteiger partial charge in [0, 0.05) is 11.4 Å². The Morgan fingerprint density at radius 3 is 2.73 bits per heavy atom. The molecule has 0 aromatic carbocycles. The lowest BCUT2D eigenvalue weighted by Crippen LogP contribution is -2.48. The van der Waals surface area contributed by atoms with E-state index >= 15 is 0 Å². The quantitative estimate of drug-likeness (QED) is 0.780. The SMILES string of the molecule is CC(C)C(CBr)NC(=O)C1COCCO1. The summed E-state index contributed by atoms with van der Waals surface area (Å²) >= 11 is 3.38. The molecule has 88 valence electrons. The van der Waals surface area contributed by atoms with E-state index in [0.29, 0.717) is 25.7 Å². The van der Waals surface area contributed by atoms with E-state index in [-0.39, 0.29) is 11.9 Å². The molecule has 1 aliphatic rings. The van der Waals surface area contributed by atoms with Crippen molar-refractivity contribution < 1.29 is 14.3 Å². The second-order valence-electron chi connectivity index (χ2n) is 3.95. The number of carbonyl (C=O) groups is 1. The van der Waals surface area contributed by atoms with Crippen molar-refractivity contribution in [3.8, 4) is 0 Å². The number of rotatable bonds is 4. The fraction of sp³-hybridized carbons (Fsp3) is 0.900. The van der Waals surface area contributed by atoms with Crippen LogP contribution in [0.25, 0.3) is 0 Å². The van der Waals surface area contributed by atoms with E-state index in [2.05, 4.69) is 35.1 Å². The average molecular weight is 280 g/mol. The van der Waals surface area contributed by atoms with Gasteiger partial charge in [-0.15, -0.1) is 0 Å². The third-order valence-electron chi connectivity index (χ3n) is 2.41. The molecule has 0 saturated carbocycles. The van der Waals surface area contributed by atoms with E-state index in [0.717, 1.165) is 5.33 Å². The number of carbonyl (C=O) groups excluding carboxylic acids is 1. The van der Waals surface area contributed by atoms with Gasteiger partial charge in [-0.1, -0.05) is 29.8 Å². The van der Waals surface area contributed by atoms with Crippen LogP contribution in [0.1, 0.15) is 13.8 Å². The van der Waals surface area contributed by atoms with Gasteiger partial charge in [-0.25, -0.2) is 0 Å². The second kappa shape index (κ2) is 6.45. The fourth-order valence-corrected chi connectivity index (χ4v) is 2.21. The number of nitrogens with one attached hydrogen (secondary N) is 1. The van der Waals surface area contributed by atoms with E-state index < -0.39 is 6.10 Å². The smallest absolute Gasteiger partial charge is 0.251 e. The number of hydrogen-bond donors (Lipinski definition) is 1. The Morgan fingerprint density at radius 1 is 1.53 bits per heavy atom. The predicted molar refractivity (Wildman–Crippen MR) is 61.1 cm³/mol. The van der Waals surface area contributed by atoms with E-state index in [1.807, 2.05) is 0 Å². The Morgan fingerprint density at radius 2 is 2.27 bits per heavy atom. The normalized spacial score (nSPS) is 23.9. The first-order chi connectivity index (χ1) is 7.15. The van der Waals surface area contributed by atoms with Gasteiger partial charge < -0.3 is 14.8 Å². The summed E-state index contributed by atoms with van der Waals surface area (Å²) in [6.45, 7) is 5.59. The third-order valence-corrected chi connectivity index (χ3v) is 3.10. The molecule has 1 amide bonds. The van der Waals surface area contributed by atoms with Gasteiger partial charge in [-0.3, -0.25) is 4.79 Å². The molecule has 0 aromatic rings. The topological polar surface area (TPSA) is 47.6 Å². The second-order valence-corrected chi connectivity index (χ2v) is 4.60. The van der Waals surface area contributed by atoms with E-state index in [1.54, 1.807) is 0 Å². The zero-order valence-electron chi connectivity index (χ0n) is 9.16. The summed E-state index contributed by atoms with van der Waals surface area (Å²) in [5, 5.41) is 3.70. The molecule has 0 radical (unpaired) electrons. The molecule has 15 heavy (non-hydrogen) atoms. The Hall–Kier alpha value is -0.130. The highest BCUT2D eigenvalue weighted by Crippen LogP contribution is 2.07. The molecular weight excluding hydrogens is 262 g/mol. The average Bonchev–Trinajstić information content (AvgIpc) is 2.26. The highest BCUT2D eigenvalue weighted by atomic mass is 79.9. The molecule has 1 heterocycles. The van der Waals surface area contributed by atoms with Crippen LogP contribution in [-0.4, -0.2) is 43.2 Å². The first kappa shape index (κ1) is 12.9. The first-order valence-electron chi connectivity index (χ1n) is 5.20. The Kier molecular flexibility index (Phi) is 5.56. The highest BCUT2D eigenvalue weighted by molar-refractivity contribution is 9.09. The highest BCUT2D eigenvalue weighted by Gasteiger charge is 2.25. The van der Waals surface area contributed by atoms with Crippen LogP contribution >= 0.6 is 15.9 Å². The van der Waals surface area contributed by atoms with Gasteiger partial charge in [0.2, 0.25) is 0 Å². The van der Waals surface area contributed by atoms with Crippen LogP contribution in [0.3, 0.4) is 0 Å². The summed E-state index contributed by atoms with van der Waals surface area (Å²) in [5.41, 5.74) is 0. The molecule has 1 rings (SSSR count). The number of halogens is 1. The molecule has 2 atom stereocenters. The Balaban J connectivity index is 2.38. The predicted octanol–water partition coefficient (Wildman–Crippen LogP) is 0.938. The Labute approximate surface area is 98.8 Å². The van der Waals surface area contributed by atoms with Crippen LogP contribution in [0, 0.1) is 5.92 Å². The maximum absolute atomic E-state index is 11.7. The first-order valence-corrected chi connectivity index (χ1v) is 6.33. The number of hydrogen-bond acceptors (Lipinski definition) is 3. The zero-order chi connectivity index (χ0) is 11.3. The van der Waals surface area contributed by atoms with Gasteiger partial charge in [-0.2, -0.15) is 0 Å². The van der Waals surface area contributed by atoms with Crippen molar-refractivity contribution in [2.75, 3.05) is 25.2 Å². The molecule has 1 fully saturated rings. The molecule has 0 bridgehead atoms. The summed E-state index contributed by atoms with van der Waals surface area (Å²) in [4.78, 5) is 11.7. The maximum Gasteiger partial charge on any atom is 0.251 e. The van der Waals surface area contributed by atoms with Crippen LogP contribution in [0.4, 0.5) is 0 Å². The minimum Gasteiger partial charge on any atom is -0.376 e. The largest absolute Gasteiger partial charge is 0.376 e. The van der Waals surface area contributed by atoms with Crippen LogP contribution in [-0.2, 0) is 14.3 Å². The number of amides is 1. The van der Waals surface area contributed by atoms with Crippen LogP contribution in [0.15, 0.2) is 0 Å². The van der Waals surface area contributed by atoms with Crippen molar-refractivity contribution in [3.63, 3.8) is 0 Å². The van der Waals surface area contributed by atoms with Crippen molar-refractivity contribution in [3.05, 3.63) is 0 Å². The summed E-state index contributed by atoms with van der Waals surface area (Å²) < 4.78 is 10.5. The van der Waals surface area contributed by atoms with Crippen LogP contribution < -0.4 is 5.32 Å². The van der Waals surface area contributed by atoms with Gasteiger partial charge in [0.1, 0.15) is 0 Å². The van der Waals surface area contributed by atoms with Crippen LogP contribution in [0.5, 0.6) is 0 Å². The summed E-state index contributed by atoms with van der Waals surface area (Å²) in [6, 6.07) is 0.142. The van der Waals surface area contributed by atoms with Gasteiger partial charge in [-0.05, 0) is 5.92 Å². The maximum atomic E-state index is 11.7. The molecule has 1 saturated heterocycles. The van der Waals surface area contributed by atoms with Crippen molar-refractivity contribution in [1.29, 1.82) is 0 Å². The third kappa shape index (κ3) is 4.09. The molecule has 1 N–H and O–H groups in total. The van der Waals surface area contributed by atoms with Crippen molar-refractivity contribution in [2.24, 2.45) is 5.92 Å². The van der Waals surface area contributed by atoms with Crippen molar-refractivity contribution >= 4 is 21.8 Å². The molecule has 5 heteroatoms. The minimum absolute atomic E-state index is 0.0761. The van der Waals surface area contributed by atoms with Gasteiger partial charge in [0.05, 0.1) is 19.8 Å². The van der Waals surface area contributed by atoms with Gasteiger partial charge in [0.25, 0.3) is 5.91 Å². The molecule has 0 spiro atoms. The summed E-state index contributed by atoms with van der Waals surface area (Å²) in [6.07, 6.45) is -0.445. The van der Waals surface area contributed by atoms with E-state index in [4.69, 9.17) is 9.47 Å². The lowest BCUT2D eigenvalue weighted by atomic mass is 10.1. The zero-order valence-corrected chi connectivity index (χ0v) is 10.7. The summed E-state index contributed by atoms with van der Waals surface area (Å²) in [5.74, 6) is 0.325. The Bertz CT molecular complexity index is 205. The monoisotopic (exact) mass is 279 g/mol. The molecule has 0 aliphatic carbocycles. The standard InChI is InChI=1S/C10H18BrNO3/c1-7(2)8(5-11)12-10(13)9-6-14-3-4-15-9/h7-9H,3-6H2,1-2H3,(H,12,13). The molecular formula is C10H18BrNO3. The van der Waals surface area contributed by atoms with E-state index in [1.165, 1.54) is 0 Å². The van der Waals surface area contributed by atoms with Crippen LogP contribution in [0.2, 0.25) is 0 Å². The van der Waals surface area contributed by atoms with Crippen molar-refractivity contribution in [1.82, 2.24) is 5.32 Å². The lowest BCUT2D eigenvalue weighted by Gasteiger charge is -2.26. The van der Waals surface area contributed by atoms with Gasteiger partial charge in [0.15, 0.2) is 6.10 Å². The molecule has 2 unspecified atom stereocenters. The summed E-state index contributed by atoms with van der Waals surface area (Å²) in [7, 11) is 0. The minimum atomic E-state index is -0.445. The molecule has 4 nitrogen and oxygen atoms in total.